The van der Waals surface area contributed by atoms with Crippen molar-refractivity contribution in [2.24, 2.45) is 40.7 Å². The zero-order valence-electron chi connectivity index (χ0n) is 21.2. The standard InChI is InChI=1S/C28H45N3O2/c1-16-11-22-25(31-15-16)18(3)27(33-22)7-6-21-20(17(2)14-27)13-23-26(4)9-10-30-24(32)12-19(26)5-8-28(21,23)29/h16,18-19,21-23,25,31H,5-15,29H2,1-4H3,(H,30,32)/t16-,18+,19+,21+,22+,23+,25-,26-,27-,28+/m0/s1. The SMILES string of the molecule is CC1=C2C[C@@H]3[C@@]4(C)CCNC(=O)C[C@H]4CC[C@@]3(N)[C@@H]2CC[C@@]2(C1)O[C@@H]1C[C@H](C)CN[C@H]1[C@H]2C. The molecule has 10 atom stereocenters. The Bertz CT molecular complexity index is 871. The molecule has 0 aromatic heterocycles. The Balaban J connectivity index is 1.32. The molecule has 3 aliphatic heterocycles. The summed E-state index contributed by atoms with van der Waals surface area (Å²) in [6.45, 7) is 11.6. The number of amides is 1. The maximum atomic E-state index is 12.3. The van der Waals surface area contributed by atoms with Gasteiger partial charge in [0.25, 0.3) is 0 Å². The summed E-state index contributed by atoms with van der Waals surface area (Å²) in [5.74, 6) is 2.94. The van der Waals surface area contributed by atoms with Gasteiger partial charge in [-0.3, -0.25) is 4.79 Å². The molecule has 3 heterocycles. The van der Waals surface area contributed by atoms with Crippen LogP contribution in [-0.4, -0.2) is 42.3 Å². The fourth-order valence-electron chi connectivity index (χ4n) is 9.73. The van der Waals surface area contributed by atoms with Gasteiger partial charge < -0.3 is 21.1 Å². The van der Waals surface area contributed by atoms with E-state index >= 15 is 0 Å². The van der Waals surface area contributed by atoms with Crippen LogP contribution in [0.25, 0.3) is 0 Å². The summed E-state index contributed by atoms with van der Waals surface area (Å²) in [6.07, 6.45) is 10.0. The fraction of sp³-hybridized carbons (Fsp3) is 0.893. The summed E-state index contributed by atoms with van der Waals surface area (Å²) in [4.78, 5) is 12.3. The second-order valence-electron chi connectivity index (χ2n) is 13.3. The molecule has 33 heavy (non-hydrogen) atoms. The van der Waals surface area contributed by atoms with Crippen LogP contribution in [0.5, 0.6) is 0 Å². The third-order valence-electron chi connectivity index (χ3n) is 11.7. The first-order valence-electron chi connectivity index (χ1n) is 13.8. The summed E-state index contributed by atoms with van der Waals surface area (Å²) in [6, 6.07) is 0.502. The first-order chi connectivity index (χ1) is 15.7. The predicted octanol–water partition coefficient (Wildman–Crippen LogP) is 3.92. The lowest BCUT2D eigenvalue weighted by molar-refractivity contribution is -0.123. The van der Waals surface area contributed by atoms with Crippen molar-refractivity contribution in [3.63, 3.8) is 0 Å². The zero-order chi connectivity index (χ0) is 23.2. The molecule has 3 aliphatic carbocycles. The van der Waals surface area contributed by atoms with Crippen LogP contribution in [0, 0.1) is 35.0 Å². The van der Waals surface area contributed by atoms with E-state index in [0.717, 1.165) is 58.0 Å². The minimum Gasteiger partial charge on any atom is -0.369 e. The van der Waals surface area contributed by atoms with E-state index in [1.807, 2.05) is 0 Å². The summed E-state index contributed by atoms with van der Waals surface area (Å²) in [5, 5.41) is 6.99. The maximum Gasteiger partial charge on any atom is 0.220 e. The first kappa shape index (κ1) is 22.5. The van der Waals surface area contributed by atoms with Crippen LogP contribution in [0.2, 0.25) is 0 Å². The van der Waals surface area contributed by atoms with E-state index in [-0.39, 0.29) is 22.5 Å². The highest BCUT2D eigenvalue weighted by molar-refractivity contribution is 5.76. The topological polar surface area (TPSA) is 76.4 Å². The van der Waals surface area contributed by atoms with Gasteiger partial charge in [-0.2, -0.15) is 0 Å². The first-order valence-corrected chi connectivity index (χ1v) is 13.8. The van der Waals surface area contributed by atoms with E-state index in [2.05, 4.69) is 38.3 Å². The number of nitrogens with two attached hydrogens (primary N) is 1. The van der Waals surface area contributed by atoms with Gasteiger partial charge in [0, 0.05) is 30.5 Å². The predicted molar refractivity (Wildman–Crippen MR) is 130 cm³/mol. The third-order valence-corrected chi connectivity index (χ3v) is 11.7. The Morgan fingerprint density at radius 3 is 2.76 bits per heavy atom. The van der Waals surface area contributed by atoms with Gasteiger partial charge in [-0.15, -0.1) is 0 Å². The average Bonchev–Trinajstić information content (AvgIpc) is 3.07. The van der Waals surface area contributed by atoms with Crippen LogP contribution in [0.1, 0.15) is 85.5 Å². The van der Waals surface area contributed by atoms with Gasteiger partial charge in [-0.25, -0.2) is 0 Å². The van der Waals surface area contributed by atoms with Gasteiger partial charge in [0.2, 0.25) is 5.91 Å². The third kappa shape index (κ3) is 3.17. The Labute approximate surface area is 200 Å². The van der Waals surface area contributed by atoms with Crippen molar-refractivity contribution >= 4 is 5.91 Å². The largest absolute Gasteiger partial charge is 0.369 e. The smallest absolute Gasteiger partial charge is 0.220 e. The fourth-order valence-corrected chi connectivity index (χ4v) is 9.73. The van der Waals surface area contributed by atoms with Crippen molar-refractivity contribution in [2.75, 3.05) is 13.1 Å². The van der Waals surface area contributed by atoms with E-state index in [9.17, 15) is 4.79 Å². The number of nitrogens with one attached hydrogen (secondary N) is 2. The molecule has 2 saturated carbocycles. The molecule has 6 rings (SSSR count). The number of carbonyl (C=O) groups excluding carboxylic acids is 1. The average molecular weight is 456 g/mol. The lowest BCUT2D eigenvalue weighted by atomic mass is 9.52. The molecule has 0 unspecified atom stereocenters. The van der Waals surface area contributed by atoms with Crippen molar-refractivity contribution in [3.05, 3.63) is 11.1 Å². The summed E-state index contributed by atoms with van der Waals surface area (Å²) < 4.78 is 7.01. The highest BCUT2D eigenvalue weighted by Crippen LogP contribution is 2.64. The molecule has 0 bridgehead atoms. The Hall–Kier alpha value is -0.910. The molecular formula is C28H45N3O2. The van der Waals surface area contributed by atoms with E-state index in [0.29, 0.717) is 48.2 Å². The highest BCUT2D eigenvalue weighted by Gasteiger charge is 2.63. The number of fused-ring (bicyclic) bond motifs is 6. The molecule has 1 amide bonds. The molecule has 3 saturated heterocycles. The van der Waals surface area contributed by atoms with Crippen LogP contribution in [0.15, 0.2) is 11.1 Å². The summed E-state index contributed by atoms with van der Waals surface area (Å²) in [5.41, 5.74) is 10.7. The van der Waals surface area contributed by atoms with Crippen molar-refractivity contribution in [1.82, 2.24) is 10.6 Å². The lowest BCUT2D eigenvalue weighted by Gasteiger charge is -2.54. The van der Waals surface area contributed by atoms with Crippen molar-refractivity contribution in [1.29, 1.82) is 0 Å². The monoisotopic (exact) mass is 455 g/mol. The second-order valence-corrected chi connectivity index (χ2v) is 13.3. The highest BCUT2D eigenvalue weighted by atomic mass is 16.5. The van der Waals surface area contributed by atoms with Gasteiger partial charge in [-0.1, -0.05) is 31.9 Å². The summed E-state index contributed by atoms with van der Waals surface area (Å²) in [7, 11) is 0. The second kappa shape index (κ2) is 7.54. The molecule has 1 spiro atoms. The van der Waals surface area contributed by atoms with Crippen LogP contribution in [-0.2, 0) is 9.53 Å². The molecule has 5 fully saturated rings. The van der Waals surface area contributed by atoms with Crippen LogP contribution < -0.4 is 16.4 Å². The van der Waals surface area contributed by atoms with Crippen LogP contribution in [0.3, 0.4) is 0 Å². The Morgan fingerprint density at radius 1 is 1.12 bits per heavy atom. The number of carbonyl (C=O) groups is 1. The molecule has 184 valence electrons. The number of rotatable bonds is 0. The van der Waals surface area contributed by atoms with Gasteiger partial charge in [-0.05, 0) is 93.9 Å². The molecule has 6 aliphatic rings. The maximum absolute atomic E-state index is 12.3. The quantitative estimate of drug-likeness (QED) is 0.484. The van der Waals surface area contributed by atoms with Crippen LogP contribution >= 0.6 is 0 Å². The van der Waals surface area contributed by atoms with Crippen molar-refractivity contribution in [3.8, 4) is 0 Å². The number of hydrogen-bond donors (Lipinski definition) is 3. The lowest BCUT2D eigenvalue weighted by Crippen LogP contribution is -2.59. The van der Waals surface area contributed by atoms with E-state index in [4.69, 9.17) is 10.5 Å². The molecule has 0 aromatic rings. The minimum absolute atomic E-state index is 0.0283. The summed E-state index contributed by atoms with van der Waals surface area (Å²) >= 11 is 0. The normalized spacial score (nSPS) is 54.1. The van der Waals surface area contributed by atoms with Gasteiger partial charge in [0.1, 0.15) is 0 Å². The number of piperidine rings is 1. The molecule has 4 N–H and O–H groups in total. The zero-order valence-corrected chi connectivity index (χ0v) is 21.2. The molecule has 0 radical (unpaired) electrons. The molecule has 0 aromatic carbocycles. The molecule has 5 nitrogen and oxygen atoms in total. The molecular weight excluding hydrogens is 410 g/mol. The Morgan fingerprint density at radius 2 is 1.94 bits per heavy atom. The number of ether oxygens (including phenoxy) is 1. The number of hydrogen-bond acceptors (Lipinski definition) is 4. The Kier molecular flexibility index (Phi) is 5.15. The van der Waals surface area contributed by atoms with Crippen molar-refractivity contribution < 1.29 is 9.53 Å². The van der Waals surface area contributed by atoms with E-state index in [1.54, 1.807) is 11.1 Å². The van der Waals surface area contributed by atoms with E-state index in [1.165, 1.54) is 6.42 Å². The molecule has 5 heteroatoms. The van der Waals surface area contributed by atoms with Gasteiger partial charge >= 0.3 is 0 Å². The minimum atomic E-state index is -0.123. The van der Waals surface area contributed by atoms with Gasteiger partial charge in [0.15, 0.2) is 0 Å². The van der Waals surface area contributed by atoms with E-state index < -0.39 is 0 Å². The van der Waals surface area contributed by atoms with Gasteiger partial charge in [0.05, 0.1) is 11.7 Å². The van der Waals surface area contributed by atoms with Crippen LogP contribution in [0.4, 0.5) is 0 Å². The van der Waals surface area contributed by atoms with Crippen molar-refractivity contribution in [2.45, 2.75) is 109 Å².